The van der Waals surface area contributed by atoms with Crippen molar-refractivity contribution in [1.29, 1.82) is 0 Å². The van der Waals surface area contributed by atoms with Crippen LogP contribution in [0.1, 0.15) is 59.7 Å². The van der Waals surface area contributed by atoms with Crippen molar-refractivity contribution in [3.8, 4) is 5.75 Å². The van der Waals surface area contributed by atoms with E-state index in [1.165, 1.54) is 30.5 Å². The fourth-order valence-electron chi connectivity index (χ4n) is 6.30. The number of likely N-dealkylation sites (N-methyl/N-ethyl adjacent to an activating group) is 1. The maximum Gasteiger partial charge on any atom is 0.329 e. The van der Waals surface area contributed by atoms with Crippen LogP contribution in [0.15, 0.2) is 66.9 Å². The number of alkyl halides is 2. The quantitative estimate of drug-likeness (QED) is 0.467. The number of pyridine rings is 1. The van der Waals surface area contributed by atoms with Crippen LogP contribution in [-0.2, 0) is 21.1 Å². The first-order valence-corrected chi connectivity index (χ1v) is 13.1. The molecule has 3 aliphatic rings. The minimum Gasteiger partial charge on any atom is -0.465 e. The number of fused-ring (bicyclic) bond motifs is 3. The van der Waals surface area contributed by atoms with Gasteiger partial charge in [-0.25, -0.2) is 4.98 Å². The van der Waals surface area contributed by atoms with Gasteiger partial charge in [-0.2, -0.15) is 8.78 Å². The molecule has 0 radical (unpaired) electrons. The Kier molecular flexibility index (Phi) is 5.78. The fourth-order valence-corrected chi connectivity index (χ4v) is 6.30. The van der Waals surface area contributed by atoms with Crippen molar-refractivity contribution in [2.45, 2.75) is 50.2 Å². The summed E-state index contributed by atoms with van der Waals surface area (Å²) in [7, 11) is 0. The molecule has 6 rings (SSSR count). The summed E-state index contributed by atoms with van der Waals surface area (Å²) in [5.74, 6) is -5.97. The predicted molar refractivity (Wildman–Crippen MR) is 139 cm³/mol. The van der Waals surface area contributed by atoms with Gasteiger partial charge in [-0.1, -0.05) is 30.3 Å². The third-order valence-corrected chi connectivity index (χ3v) is 8.33. The molecule has 39 heavy (non-hydrogen) atoms. The number of carbonyl (C=O) groups is 3. The molecule has 3 aliphatic heterocycles. The molecule has 4 atom stereocenters. The minimum atomic E-state index is -3.76. The van der Waals surface area contributed by atoms with E-state index in [1.807, 2.05) is 44.2 Å². The van der Waals surface area contributed by atoms with E-state index in [-0.39, 0.29) is 47.0 Å². The maximum atomic E-state index is 16.0. The lowest BCUT2D eigenvalue weighted by Gasteiger charge is -2.42. The second-order valence-corrected chi connectivity index (χ2v) is 10.4. The number of ketones is 1. The lowest BCUT2D eigenvalue weighted by Crippen LogP contribution is -2.50. The van der Waals surface area contributed by atoms with Crippen LogP contribution in [0.4, 0.5) is 14.6 Å². The highest BCUT2D eigenvalue weighted by Crippen LogP contribution is 2.60. The van der Waals surface area contributed by atoms with E-state index in [0.29, 0.717) is 13.0 Å². The number of nitrogens with one attached hydrogen (secondary N) is 1. The number of likely N-dealkylation sites (tertiary alicyclic amines) is 1. The average Bonchev–Trinajstić information content (AvgIpc) is 3.36. The number of hydrogen-bond donors (Lipinski definition) is 1. The molecule has 1 aromatic heterocycles. The largest absolute Gasteiger partial charge is 0.465 e. The summed E-state index contributed by atoms with van der Waals surface area (Å²) in [6.45, 7) is 4.44. The number of hydrogen-bond acceptors (Lipinski definition) is 5. The Hall–Kier alpha value is -4.14. The van der Waals surface area contributed by atoms with Crippen molar-refractivity contribution in [2.75, 3.05) is 11.9 Å². The standard InChI is InChI=1S/C30H27F2N3O4/c1-3-35-17(2)21(18-8-5-4-6-9-18)14-20(27(35)37)16-24(36)19-11-12-25-23(15-19)30(31,32)29(39-25)22-10-7-13-33-26(22)34-28(29)38/h4-13,15,17,20-21H,3,14,16H2,1-2H3,(H,33,34,38)/t17-,20-,21-,29?/m1/s1. The Bertz CT molecular complexity index is 1490. The number of Topliss-reactive ketones (excluding diaryl/α,β-unsaturated/α-hetero) is 1. The molecule has 0 saturated carbocycles. The summed E-state index contributed by atoms with van der Waals surface area (Å²) in [4.78, 5) is 45.3. The number of carbonyl (C=O) groups excluding carboxylic acids is 3. The fraction of sp³-hybridized carbons (Fsp3) is 0.333. The van der Waals surface area contributed by atoms with E-state index >= 15 is 8.78 Å². The Labute approximate surface area is 224 Å². The molecule has 1 unspecified atom stereocenters. The number of piperidine rings is 1. The number of aromatic nitrogens is 1. The Morgan fingerprint density at radius 2 is 1.87 bits per heavy atom. The van der Waals surface area contributed by atoms with Gasteiger partial charge in [0.15, 0.2) is 5.78 Å². The minimum absolute atomic E-state index is 0.0183. The van der Waals surface area contributed by atoms with Crippen molar-refractivity contribution in [2.24, 2.45) is 5.92 Å². The molecule has 9 heteroatoms. The lowest BCUT2D eigenvalue weighted by atomic mass is 9.77. The van der Waals surface area contributed by atoms with Gasteiger partial charge >= 0.3 is 5.92 Å². The zero-order valence-electron chi connectivity index (χ0n) is 21.5. The Morgan fingerprint density at radius 1 is 1.10 bits per heavy atom. The predicted octanol–water partition coefficient (Wildman–Crippen LogP) is 5.03. The summed E-state index contributed by atoms with van der Waals surface area (Å²) in [6, 6.07) is 16.5. The van der Waals surface area contributed by atoms with Crippen LogP contribution in [-0.4, -0.2) is 40.1 Å². The SMILES string of the molecule is CCN1C(=O)[C@@H](CC(=O)c2ccc3c(c2)C(F)(F)C2(O3)C(=O)Nc3ncccc32)C[C@@H](c2ccccc2)[C@H]1C. The summed E-state index contributed by atoms with van der Waals surface area (Å²) in [5.41, 5.74) is -2.05. The molecule has 0 aliphatic carbocycles. The van der Waals surface area contributed by atoms with Crippen molar-refractivity contribution in [1.82, 2.24) is 9.88 Å². The summed E-state index contributed by atoms with van der Waals surface area (Å²) in [5, 5.41) is 2.38. The monoisotopic (exact) mass is 531 g/mol. The summed E-state index contributed by atoms with van der Waals surface area (Å²) >= 11 is 0. The molecule has 3 aromatic rings. The zero-order valence-corrected chi connectivity index (χ0v) is 21.5. The van der Waals surface area contributed by atoms with Crippen LogP contribution in [0.3, 0.4) is 0 Å². The average molecular weight is 532 g/mol. The molecule has 4 heterocycles. The summed E-state index contributed by atoms with van der Waals surface area (Å²) in [6.07, 6.45) is 1.78. The summed E-state index contributed by atoms with van der Waals surface area (Å²) < 4.78 is 37.6. The van der Waals surface area contributed by atoms with E-state index < -0.39 is 34.7 Å². The van der Waals surface area contributed by atoms with E-state index in [0.717, 1.165) is 11.6 Å². The molecule has 1 saturated heterocycles. The number of rotatable bonds is 5. The van der Waals surface area contributed by atoms with E-state index in [9.17, 15) is 14.4 Å². The molecule has 1 N–H and O–H groups in total. The van der Waals surface area contributed by atoms with Crippen molar-refractivity contribution >= 4 is 23.4 Å². The third kappa shape index (κ3) is 3.59. The molecular formula is C30H27F2N3O4. The molecule has 1 fully saturated rings. The van der Waals surface area contributed by atoms with Gasteiger partial charge in [0, 0.05) is 42.6 Å². The number of halogens is 2. The second kappa shape index (κ2) is 8.97. The van der Waals surface area contributed by atoms with Crippen LogP contribution in [0.25, 0.3) is 0 Å². The zero-order chi connectivity index (χ0) is 27.5. The highest BCUT2D eigenvalue weighted by molar-refractivity contribution is 6.06. The first-order valence-electron chi connectivity index (χ1n) is 13.1. The lowest BCUT2D eigenvalue weighted by molar-refractivity contribution is -0.169. The van der Waals surface area contributed by atoms with Gasteiger partial charge < -0.3 is 15.0 Å². The second-order valence-electron chi connectivity index (χ2n) is 10.4. The van der Waals surface area contributed by atoms with Gasteiger partial charge in [-0.05, 0) is 56.2 Å². The van der Waals surface area contributed by atoms with E-state index in [1.54, 1.807) is 4.90 Å². The van der Waals surface area contributed by atoms with Gasteiger partial charge in [-0.3, -0.25) is 14.4 Å². The topological polar surface area (TPSA) is 88.6 Å². The molecule has 7 nitrogen and oxygen atoms in total. The van der Waals surface area contributed by atoms with E-state index in [4.69, 9.17) is 4.74 Å². The van der Waals surface area contributed by atoms with Crippen LogP contribution >= 0.6 is 0 Å². The van der Waals surface area contributed by atoms with Gasteiger partial charge in [0.05, 0.1) is 11.1 Å². The van der Waals surface area contributed by atoms with Gasteiger partial charge in [0.2, 0.25) is 5.91 Å². The molecule has 2 amide bonds. The highest BCUT2D eigenvalue weighted by Gasteiger charge is 2.72. The number of nitrogens with zero attached hydrogens (tertiary/aromatic N) is 2. The molecule has 200 valence electrons. The highest BCUT2D eigenvalue weighted by atomic mass is 19.3. The van der Waals surface area contributed by atoms with Crippen LogP contribution < -0.4 is 10.1 Å². The normalized spacial score (nSPS) is 26.7. The molecule has 1 spiro atoms. The number of benzene rings is 2. The van der Waals surface area contributed by atoms with Crippen molar-refractivity contribution in [3.05, 3.63) is 89.1 Å². The van der Waals surface area contributed by atoms with Crippen molar-refractivity contribution in [3.63, 3.8) is 0 Å². The Balaban J connectivity index is 1.29. The number of anilines is 1. The smallest absolute Gasteiger partial charge is 0.329 e. The van der Waals surface area contributed by atoms with Gasteiger partial charge in [0.25, 0.3) is 11.5 Å². The maximum absolute atomic E-state index is 16.0. The van der Waals surface area contributed by atoms with Gasteiger partial charge in [-0.15, -0.1) is 0 Å². The van der Waals surface area contributed by atoms with Crippen LogP contribution in [0, 0.1) is 5.92 Å². The van der Waals surface area contributed by atoms with Gasteiger partial charge in [0.1, 0.15) is 11.6 Å². The van der Waals surface area contributed by atoms with Crippen LogP contribution in [0.2, 0.25) is 0 Å². The van der Waals surface area contributed by atoms with E-state index in [2.05, 4.69) is 10.3 Å². The first kappa shape index (κ1) is 25.2. The number of amides is 2. The molecular weight excluding hydrogens is 504 g/mol. The third-order valence-electron chi connectivity index (χ3n) is 8.33. The van der Waals surface area contributed by atoms with Crippen molar-refractivity contribution < 1.29 is 27.9 Å². The van der Waals surface area contributed by atoms with Crippen LogP contribution in [0.5, 0.6) is 5.75 Å². The molecule has 2 aromatic carbocycles. The Morgan fingerprint density at radius 3 is 2.62 bits per heavy atom. The number of ether oxygens (including phenoxy) is 1. The first-order chi connectivity index (χ1) is 18.7. The molecule has 0 bridgehead atoms.